The molecule has 0 radical (unpaired) electrons. The Morgan fingerprint density at radius 2 is 2.00 bits per heavy atom. The van der Waals surface area contributed by atoms with Crippen molar-refractivity contribution in [1.82, 2.24) is 15.0 Å². The average molecular weight is 403 g/mol. The van der Waals surface area contributed by atoms with Crippen molar-refractivity contribution in [2.45, 2.75) is 6.92 Å². The van der Waals surface area contributed by atoms with Gasteiger partial charge < -0.3 is 20.2 Å². The molecule has 29 heavy (non-hydrogen) atoms. The average Bonchev–Trinajstić information content (AvgIpc) is 3.28. The molecule has 0 saturated carbocycles. The Bertz CT molecular complexity index is 1330. The van der Waals surface area contributed by atoms with Crippen LogP contribution in [0.1, 0.15) is 4.88 Å². The van der Waals surface area contributed by atoms with Gasteiger partial charge in [-0.1, -0.05) is 18.2 Å². The topological polar surface area (TPSA) is 99.1 Å². The van der Waals surface area contributed by atoms with Gasteiger partial charge in [0, 0.05) is 10.4 Å². The summed E-state index contributed by atoms with van der Waals surface area (Å²) in [7, 11) is 1.63. The van der Waals surface area contributed by atoms with Crippen LogP contribution in [0.3, 0.4) is 0 Å². The van der Waals surface area contributed by atoms with Crippen LogP contribution in [0.25, 0.3) is 32.4 Å². The summed E-state index contributed by atoms with van der Waals surface area (Å²) >= 11 is 1.60. The van der Waals surface area contributed by atoms with Crippen molar-refractivity contribution >= 4 is 50.2 Å². The molecule has 2 aromatic carbocycles. The van der Waals surface area contributed by atoms with Crippen LogP contribution >= 0.6 is 11.3 Å². The van der Waals surface area contributed by atoms with Gasteiger partial charge in [-0.15, -0.1) is 11.3 Å². The smallest absolute Gasteiger partial charge is 0.300 e. The monoisotopic (exact) mass is 403 g/mol. The normalized spacial score (nSPS) is 11.2. The number of hydrogen-bond donors (Lipinski definition) is 2. The zero-order chi connectivity index (χ0) is 20.0. The van der Waals surface area contributed by atoms with Crippen LogP contribution < -0.4 is 15.8 Å². The number of benzene rings is 2. The van der Waals surface area contributed by atoms with Gasteiger partial charge in [-0.25, -0.2) is 9.97 Å². The van der Waals surface area contributed by atoms with Gasteiger partial charge in [-0.2, -0.15) is 4.98 Å². The molecule has 3 heterocycles. The number of ether oxygens (including phenoxy) is 1. The number of thiophene rings is 1. The molecule has 144 valence electrons. The zero-order valence-corrected chi connectivity index (χ0v) is 16.6. The molecule has 8 heteroatoms. The lowest BCUT2D eigenvalue weighted by atomic mass is 10.0. The Hall–Kier alpha value is -3.65. The number of rotatable bonds is 4. The van der Waals surface area contributed by atoms with E-state index in [9.17, 15) is 0 Å². The molecule has 0 saturated heterocycles. The van der Waals surface area contributed by atoms with Crippen molar-refractivity contribution in [2.75, 3.05) is 18.2 Å². The van der Waals surface area contributed by atoms with Crippen molar-refractivity contribution < 1.29 is 9.15 Å². The summed E-state index contributed by atoms with van der Waals surface area (Å²) < 4.78 is 11.4. The van der Waals surface area contributed by atoms with E-state index in [1.807, 2.05) is 42.5 Å². The molecule has 0 amide bonds. The fourth-order valence-electron chi connectivity index (χ4n) is 3.41. The van der Waals surface area contributed by atoms with E-state index in [0.717, 1.165) is 43.0 Å². The number of nitrogens with one attached hydrogen (secondary N) is 1. The number of fused-ring (bicyclic) bond motifs is 2. The van der Waals surface area contributed by atoms with Crippen molar-refractivity contribution in [3.63, 3.8) is 0 Å². The predicted octanol–water partition coefficient (Wildman–Crippen LogP) is 5.14. The highest BCUT2D eigenvalue weighted by molar-refractivity contribution is 7.19. The molecule has 0 aliphatic rings. The maximum atomic E-state index is 6.14. The highest BCUT2D eigenvalue weighted by Gasteiger charge is 2.17. The molecule has 5 aromatic rings. The number of hydrogen-bond acceptors (Lipinski definition) is 8. The lowest BCUT2D eigenvalue weighted by molar-refractivity contribution is 0.416. The summed E-state index contributed by atoms with van der Waals surface area (Å²) in [5.41, 5.74) is 10.4. The number of nitrogen functional groups attached to an aromatic ring is 1. The molecule has 3 aromatic heterocycles. The zero-order valence-electron chi connectivity index (χ0n) is 15.8. The van der Waals surface area contributed by atoms with E-state index in [2.05, 4.69) is 27.2 Å². The fraction of sp³-hybridized carbons (Fsp3) is 0.0952. The van der Waals surface area contributed by atoms with Gasteiger partial charge in [-0.05, 0) is 36.8 Å². The summed E-state index contributed by atoms with van der Waals surface area (Å²) in [6.45, 7) is 2.05. The Labute approximate surface area is 170 Å². The second-order valence-corrected chi connectivity index (χ2v) is 7.70. The highest BCUT2D eigenvalue weighted by Crippen LogP contribution is 2.42. The number of aryl methyl sites for hydroxylation is 1. The molecule has 7 nitrogen and oxygen atoms in total. The first-order valence-corrected chi connectivity index (χ1v) is 9.76. The number of oxazole rings is 1. The van der Waals surface area contributed by atoms with Crippen LogP contribution in [0.4, 0.5) is 17.5 Å². The van der Waals surface area contributed by atoms with Crippen molar-refractivity contribution in [2.24, 2.45) is 0 Å². The predicted molar refractivity (Wildman–Crippen MR) is 116 cm³/mol. The van der Waals surface area contributed by atoms with Crippen molar-refractivity contribution in [3.8, 4) is 16.9 Å². The largest absolute Gasteiger partial charge is 0.495 e. The fourth-order valence-corrected chi connectivity index (χ4v) is 4.43. The molecular weight excluding hydrogens is 386 g/mol. The first-order valence-electron chi connectivity index (χ1n) is 8.94. The molecule has 0 fully saturated rings. The van der Waals surface area contributed by atoms with Crippen LogP contribution in [-0.2, 0) is 0 Å². The molecule has 0 aliphatic heterocycles. The molecule has 0 bridgehead atoms. The number of para-hydroxylation sites is 2. The van der Waals surface area contributed by atoms with Crippen molar-refractivity contribution in [1.29, 1.82) is 0 Å². The van der Waals surface area contributed by atoms with Crippen LogP contribution in [0.2, 0.25) is 0 Å². The van der Waals surface area contributed by atoms with E-state index in [1.165, 1.54) is 6.33 Å². The third kappa shape index (κ3) is 2.94. The summed E-state index contributed by atoms with van der Waals surface area (Å²) in [6.07, 6.45) is 1.49. The van der Waals surface area contributed by atoms with Gasteiger partial charge in [-0.3, -0.25) is 0 Å². The quantitative estimate of drug-likeness (QED) is 0.428. The highest BCUT2D eigenvalue weighted by atomic mass is 32.1. The van der Waals surface area contributed by atoms with Gasteiger partial charge in [0.1, 0.15) is 28.2 Å². The SMILES string of the molecule is COc1cc(-c2c(C)sc3ncnc(N)c23)ccc1Nc1nc2ccccc2o1. The molecule has 3 N–H and O–H groups in total. The van der Waals surface area contributed by atoms with E-state index >= 15 is 0 Å². The minimum absolute atomic E-state index is 0.409. The van der Waals surface area contributed by atoms with E-state index in [4.69, 9.17) is 14.9 Å². The first kappa shape index (κ1) is 17.4. The number of methoxy groups -OCH3 is 1. The summed E-state index contributed by atoms with van der Waals surface area (Å²) in [4.78, 5) is 15.0. The molecule has 0 unspecified atom stereocenters. The number of nitrogens with zero attached hydrogens (tertiary/aromatic N) is 3. The summed E-state index contributed by atoms with van der Waals surface area (Å²) in [5, 5.41) is 4.07. The van der Waals surface area contributed by atoms with Gasteiger partial charge >= 0.3 is 0 Å². The maximum absolute atomic E-state index is 6.14. The van der Waals surface area contributed by atoms with E-state index in [1.54, 1.807) is 18.4 Å². The molecule has 0 aliphatic carbocycles. The second-order valence-electron chi connectivity index (χ2n) is 6.50. The van der Waals surface area contributed by atoms with Gasteiger partial charge in [0.05, 0.1) is 18.2 Å². The number of aromatic nitrogens is 3. The Kier molecular flexibility index (Phi) is 4.06. The van der Waals surface area contributed by atoms with Gasteiger partial charge in [0.15, 0.2) is 5.58 Å². The molecule has 5 rings (SSSR count). The molecule has 0 atom stereocenters. The minimum Gasteiger partial charge on any atom is -0.495 e. The van der Waals surface area contributed by atoms with Crippen LogP contribution in [0.5, 0.6) is 5.75 Å². The standard InChI is InChI=1S/C21H17N5O2S/c1-11-17(18-19(22)23-10-24-20(18)29-11)12-7-8-14(16(9-12)27-2)26-21-25-13-5-3-4-6-15(13)28-21/h3-10H,1-2H3,(H,25,26)(H2,22,23,24). The first-order chi connectivity index (χ1) is 14.1. The summed E-state index contributed by atoms with van der Waals surface area (Å²) in [6, 6.07) is 13.9. The maximum Gasteiger partial charge on any atom is 0.300 e. The third-order valence-electron chi connectivity index (χ3n) is 4.72. The van der Waals surface area contributed by atoms with Gasteiger partial charge in [0.25, 0.3) is 6.01 Å². The number of anilines is 3. The Balaban J connectivity index is 1.57. The number of nitrogens with two attached hydrogens (primary N) is 1. The summed E-state index contributed by atoms with van der Waals surface area (Å²) in [5.74, 6) is 1.14. The van der Waals surface area contributed by atoms with E-state index in [-0.39, 0.29) is 0 Å². The molecule has 0 spiro atoms. The van der Waals surface area contributed by atoms with Crippen molar-refractivity contribution in [3.05, 3.63) is 53.7 Å². The lowest BCUT2D eigenvalue weighted by Gasteiger charge is -2.11. The van der Waals surface area contributed by atoms with Crippen LogP contribution in [-0.4, -0.2) is 22.1 Å². The van der Waals surface area contributed by atoms with Crippen LogP contribution in [0, 0.1) is 6.92 Å². The Morgan fingerprint density at radius 3 is 2.83 bits per heavy atom. The van der Waals surface area contributed by atoms with E-state index in [0.29, 0.717) is 17.6 Å². The third-order valence-corrected chi connectivity index (χ3v) is 5.73. The second kappa shape index (κ2) is 6.75. The molecular formula is C21H17N5O2S. The van der Waals surface area contributed by atoms with Crippen LogP contribution in [0.15, 0.2) is 53.2 Å². The lowest BCUT2D eigenvalue weighted by Crippen LogP contribution is -1.96. The van der Waals surface area contributed by atoms with Gasteiger partial charge in [0.2, 0.25) is 0 Å². The van der Waals surface area contributed by atoms with E-state index < -0.39 is 0 Å². The minimum atomic E-state index is 0.409. The Morgan fingerprint density at radius 1 is 1.14 bits per heavy atom.